The molecule has 0 amide bonds. The Morgan fingerprint density at radius 3 is 2.50 bits per heavy atom. The van der Waals surface area contributed by atoms with E-state index in [1.54, 1.807) is 37.3 Å². The molecule has 0 radical (unpaired) electrons. The Morgan fingerprint density at radius 1 is 1.12 bits per heavy atom. The SMILES string of the molecule is CCOC(=O)[C@@H]1CCCN(c2nc3ccccc3nc2NS(=O)(=O)c2ccc(C)cc2)C1. The number of nitrogens with one attached hydrogen (secondary N) is 1. The molecule has 1 saturated heterocycles. The minimum atomic E-state index is -3.87. The molecule has 2 aromatic carbocycles. The van der Waals surface area contributed by atoms with Gasteiger partial charge in [0, 0.05) is 13.1 Å². The van der Waals surface area contributed by atoms with Gasteiger partial charge in [-0.15, -0.1) is 0 Å². The molecule has 2 heterocycles. The van der Waals surface area contributed by atoms with E-state index in [1.807, 2.05) is 30.0 Å². The molecule has 3 aromatic rings. The van der Waals surface area contributed by atoms with Crippen LogP contribution in [0.1, 0.15) is 25.3 Å². The van der Waals surface area contributed by atoms with Crippen LogP contribution in [0, 0.1) is 12.8 Å². The second-order valence-corrected chi connectivity index (χ2v) is 9.52. The van der Waals surface area contributed by atoms with Crippen LogP contribution >= 0.6 is 0 Å². The summed E-state index contributed by atoms with van der Waals surface area (Å²) in [4.78, 5) is 23.7. The number of ether oxygens (including phenoxy) is 1. The number of esters is 1. The minimum absolute atomic E-state index is 0.145. The molecule has 9 heteroatoms. The smallest absolute Gasteiger partial charge is 0.310 e. The van der Waals surface area contributed by atoms with E-state index in [4.69, 9.17) is 9.72 Å². The highest BCUT2D eigenvalue weighted by atomic mass is 32.2. The van der Waals surface area contributed by atoms with Crippen LogP contribution in [0.15, 0.2) is 53.4 Å². The molecule has 1 aliphatic rings. The maximum atomic E-state index is 13.1. The van der Waals surface area contributed by atoms with Gasteiger partial charge >= 0.3 is 5.97 Å². The third-order valence-corrected chi connectivity index (χ3v) is 6.81. The molecule has 4 rings (SSSR count). The van der Waals surface area contributed by atoms with Gasteiger partial charge in [-0.3, -0.25) is 9.52 Å². The van der Waals surface area contributed by atoms with Gasteiger partial charge in [-0.25, -0.2) is 18.4 Å². The number of anilines is 2. The molecule has 0 unspecified atom stereocenters. The topological polar surface area (TPSA) is 101 Å². The Bertz CT molecular complexity index is 1230. The quantitative estimate of drug-likeness (QED) is 0.569. The number of nitrogens with zero attached hydrogens (tertiary/aromatic N) is 3. The molecule has 1 aromatic heterocycles. The number of para-hydroxylation sites is 2. The lowest BCUT2D eigenvalue weighted by atomic mass is 9.98. The Balaban J connectivity index is 1.72. The van der Waals surface area contributed by atoms with Gasteiger partial charge in [0.2, 0.25) is 0 Å². The summed E-state index contributed by atoms with van der Waals surface area (Å²) in [6.45, 7) is 5.04. The van der Waals surface area contributed by atoms with E-state index < -0.39 is 10.0 Å². The second kappa shape index (κ2) is 9.12. The molecular formula is C23H26N4O4S. The summed E-state index contributed by atoms with van der Waals surface area (Å²) in [5.74, 6) is 0.0217. The van der Waals surface area contributed by atoms with Crippen LogP contribution in [0.25, 0.3) is 11.0 Å². The first-order chi connectivity index (χ1) is 15.4. The highest BCUT2D eigenvalue weighted by Gasteiger charge is 2.30. The van der Waals surface area contributed by atoms with E-state index in [1.165, 1.54) is 0 Å². The number of carbonyl (C=O) groups excluding carboxylic acids is 1. The summed E-state index contributed by atoms with van der Waals surface area (Å²) < 4.78 is 34.0. The molecule has 1 atom stereocenters. The van der Waals surface area contributed by atoms with E-state index in [0.29, 0.717) is 36.5 Å². The molecule has 8 nitrogen and oxygen atoms in total. The van der Waals surface area contributed by atoms with Crippen LogP contribution in [-0.4, -0.2) is 44.1 Å². The largest absolute Gasteiger partial charge is 0.466 e. The number of aromatic nitrogens is 2. The van der Waals surface area contributed by atoms with Crippen molar-refractivity contribution >= 4 is 38.7 Å². The first-order valence-electron chi connectivity index (χ1n) is 10.6. The van der Waals surface area contributed by atoms with Crippen LogP contribution in [-0.2, 0) is 19.6 Å². The van der Waals surface area contributed by atoms with Gasteiger partial charge < -0.3 is 9.64 Å². The minimum Gasteiger partial charge on any atom is -0.466 e. The van der Waals surface area contributed by atoms with Gasteiger partial charge in [0.15, 0.2) is 11.6 Å². The van der Waals surface area contributed by atoms with Crippen molar-refractivity contribution in [3.63, 3.8) is 0 Å². The zero-order chi connectivity index (χ0) is 22.7. The summed E-state index contributed by atoms with van der Waals surface area (Å²) in [6, 6.07) is 13.9. The first-order valence-corrected chi connectivity index (χ1v) is 12.1. The van der Waals surface area contributed by atoms with E-state index in [2.05, 4.69) is 9.71 Å². The molecule has 0 saturated carbocycles. The Morgan fingerprint density at radius 2 is 1.81 bits per heavy atom. The zero-order valence-corrected chi connectivity index (χ0v) is 18.9. The number of carbonyl (C=O) groups is 1. The third kappa shape index (κ3) is 4.67. The predicted molar refractivity (Wildman–Crippen MR) is 123 cm³/mol. The standard InChI is InChI=1S/C23H26N4O4S/c1-3-31-23(28)17-7-6-14-27(15-17)22-21(24-19-8-4-5-9-20(19)25-22)26-32(29,30)18-12-10-16(2)11-13-18/h4-5,8-13,17H,3,6-7,14-15H2,1-2H3,(H,24,26)/t17-/m1/s1. The van der Waals surface area contributed by atoms with Crippen molar-refractivity contribution < 1.29 is 17.9 Å². The Labute approximate surface area is 187 Å². The van der Waals surface area contributed by atoms with Crippen LogP contribution in [0.5, 0.6) is 0 Å². The molecule has 1 N–H and O–H groups in total. The second-order valence-electron chi connectivity index (χ2n) is 7.84. The van der Waals surface area contributed by atoms with Crippen LogP contribution in [0.2, 0.25) is 0 Å². The Hall–Kier alpha value is -3.20. The number of benzene rings is 2. The van der Waals surface area contributed by atoms with Crippen molar-refractivity contribution in [2.24, 2.45) is 5.92 Å². The summed E-state index contributed by atoms with van der Waals surface area (Å²) in [5.41, 5.74) is 2.20. The number of fused-ring (bicyclic) bond motifs is 1. The number of piperidine rings is 1. The average molecular weight is 455 g/mol. The van der Waals surface area contributed by atoms with E-state index in [0.717, 1.165) is 18.4 Å². The van der Waals surface area contributed by atoms with Gasteiger partial charge in [-0.2, -0.15) is 0 Å². The molecule has 32 heavy (non-hydrogen) atoms. The highest BCUT2D eigenvalue weighted by molar-refractivity contribution is 7.92. The molecule has 0 spiro atoms. The first kappa shape index (κ1) is 22.0. The zero-order valence-electron chi connectivity index (χ0n) is 18.1. The van der Waals surface area contributed by atoms with E-state index in [9.17, 15) is 13.2 Å². The molecular weight excluding hydrogens is 428 g/mol. The normalized spacial score (nSPS) is 16.7. The van der Waals surface area contributed by atoms with E-state index in [-0.39, 0.29) is 22.6 Å². The van der Waals surface area contributed by atoms with Gasteiger partial charge in [0.25, 0.3) is 10.0 Å². The van der Waals surface area contributed by atoms with Crippen molar-refractivity contribution in [1.82, 2.24) is 9.97 Å². The van der Waals surface area contributed by atoms with Crippen molar-refractivity contribution in [3.8, 4) is 0 Å². The van der Waals surface area contributed by atoms with Crippen molar-refractivity contribution in [3.05, 3.63) is 54.1 Å². The number of aryl methyl sites for hydroxylation is 1. The summed E-state index contributed by atoms with van der Waals surface area (Å²) in [7, 11) is -3.87. The average Bonchev–Trinajstić information content (AvgIpc) is 2.79. The summed E-state index contributed by atoms with van der Waals surface area (Å²) in [5, 5.41) is 0. The molecule has 0 aliphatic carbocycles. The maximum Gasteiger partial charge on any atom is 0.310 e. The van der Waals surface area contributed by atoms with Crippen LogP contribution in [0.3, 0.4) is 0 Å². The lowest BCUT2D eigenvalue weighted by Gasteiger charge is -2.33. The lowest BCUT2D eigenvalue weighted by molar-refractivity contribution is -0.148. The molecule has 1 fully saturated rings. The van der Waals surface area contributed by atoms with Gasteiger partial charge in [-0.05, 0) is 51.0 Å². The summed E-state index contributed by atoms with van der Waals surface area (Å²) >= 11 is 0. The van der Waals surface area contributed by atoms with E-state index >= 15 is 0 Å². The van der Waals surface area contributed by atoms with Crippen LogP contribution in [0.4, 0.5) is 11.6 Å². The van der Waals surface area contributed by atoms with Crippen molar-refractivity contribution in [2.75, 3.05) is 29.3 Å². The summed E-state index contributed by atoms with van der Waals surface area (Å²) in [6.07, 6.45) is 1.49. The number of sulfonamides is 1. The number of hydrogen-bond donors (Lipinski definition) is 1. The molecule has 168 valence electrons. The van der Waals surface area contributed by atoms with Crippen LogP contribution < -0.4 is 9.62 Å². The fraction of sp³-hybridized carbons (Fsp3) is 0.348. The molecule has 0 bridgehead atoms. The monoisotopic (exact) mass is 454 g/mol. The maximum absolute atomic E-state index is 13.1. The molecule has 1 aliphatic heterocycles. The highest BCUT2D eigenvalue weighted by Crippen LogP contribution is 2.31. The predicted octanol–water partition coefficient (Wildman–Crippen LogP) is 3.52. The lowest BCUT2D eigenvalue weighted by Crippen LogP contribution is -2.40. The van der Waals surface area contributed by atoms with Gasteiger partial charge in [0.05, 0.1) is 28.5 Å². The Kier molecular flexibility index (Phi) is 6.27. The third-order valence-electron chi connectivity index (χ3n) is 5.46. The number of hydrogen-bond acceptors (Lipinski definition) is 7. The van der Waals surface area contributed by atoms with Crippen molar-refractivity contribution in [1.29, 1.82) is 0 Å². The van der Waals surface area contributed by atoms with Gasteiger partial charge in [0.1, 0.15) is 0 Å². The van der Waals surface area contributed by atoms with Crippen molar-refractivity contribution in [2.45, 2.75) is 31.6 Å². The fourth-order valence-corrected chi connectivity index (χ4v) is 4.81. The number of rotatable bonds is 6. The van der Waals surface area contributed by atoms with Gasteiger partial charge in [-0.1, -0.05) is 29.8 Å². The fourth-order valence-electron chi connectivity index (χ4n) is 3.81.